The van der Waals surface area contributed by atoms with Gasteiger partial charge in [0.25, 0.3) is 0 Å². The number of hydrazone groups is 1. The topological polar surface area (TPSA) is 115 Å². The first-order chi connectivity index (χ1) is 18.3. The first kappa shape index (κ1) is 28.2. The van der Waals surface area contributed by atoms with Crippen LogP contribution in [0.5, 0.6) is 17.2 Å². The summed E-state index contributed by atoms with van der Waals surface area (Å²) in [4.78, 5) is 36.9. The van der Waals surface area contributed by atoms with Gasteiger partial charge in [-0.2, -0.15) is 5.10 Å². The quantitative estimate of drug-likeness (QED) is 0.122. The molecule has 0 saturated carbocycles. The molecule has 0 spiro atoms. The molecule has 0 heterocycles. The van der Waals surface area contributed by atoms with E-state index in [9.17, 15) is 14.4 Å². The highest BCUT2D eigenvalue weighted by Gasteiger charge is 2.16. The summed E-state index contributed by atoms with van der Waals surface area (Å²) in [5.74, 6) is -1.19. The monoisotopic (exact) mass is 537 g/mol. The Hall–Kier alpha value is -4.37. The molecule has 3 rings (SSSR count). The van der Waals surface area contributed by atoms with Gasteiger partial charge in [-0.15, -0.1) is 0 Å². The zero-order chi connectivity index (χ0) is 27.5. The average molecular weight is 538 g/mol. The number of nitrogens with zero attached hydrogens (tertiary/aromatic N) is 1. The van der Waals surface area contributed by atoms with Gasteiger partial charge in [-0.25, -0.2) is 10.2 Å². The number of esters is 1. The van der Waals surface area contributed by atoms with Gasteiger partial charge in [-0.05, 0) is 86.0 Å². The van der Waals surface area contributed by atoms with Crippen molar-refractivity contribution in [1.29, 1.82) is 0 Å². The van der Waals surface area contributed by atoms with Gasteiger partial charge in [0.1, 0.15) is 5.75 Å². The van der Waals surface area contributed by atoms with E-state index in [1.807, 2.05) is 6.92 Å². The third-order valence-corrected chi connectivity index (χ3v) is 5.54. The van der Waals surface area contributed by atoms with Crippen LogP contribution in [0.4, 0.5) is 5.69 Å². The van der Waals surface area contributed by atoms with Crippen molar-refractivity contribution >= 4 is 41.3 Å². The van der Waals surface area contributed by atoms with Crippen molar-refractivity contribution in [2.24, 2.45) is 5.10 Å². The molecule has 0 aromatic heterocycles. The second kappa shape index (κ2) is 13.8. The minimum Gasteiger partial charge on any atom is -0.494 e. The molecule has 2 amide bonds. The summed E-state index contributed by atoms with van der Waals surface area (Å²) < 4.78 is 16.7. The number of ether oxygens (including phenoxy) is 3. The summed E-state index contributed by atoms with van der Waals surface area (Å²) in [6.45, 7) is 6.45. The normalized spacial score (nSPS) is 10.6. The van der Waals surface area contributed by atoms with Gasteiger partial charge in [-0.1, -0.05) is 24.6 Å². The molecule has 2 N–H and O–H groups in total. The summed E-state index contributed by atoms with van der Waals surface area (Å²) in [6, 6.07) is 16.4. The second-order valence-corrected chi connectivity index (χ2v) is 8.37. The molecule has 0 atom stereocenters. The fourth-order valence-electron chi connectivity index (χ4n) is 3.16. The largest absolute Gasteiger partial charge is 0.494 e. The number of nitrogens with one attached hydrogen (secondary N) is 2. The molecule has 0 unspecified atom stereocenters. The molecule has 10 heteroatoms. The van der Waals surface area contributed by atoms with Crippen molar-refractivity contribution in [2.45, 2.75) is 27.2 Å². The smallest absolute Gasteiger partial charge is 0.343 e. The highest BCUT2D eigenvalue weighted by Crippen LogP contribution is 2.29. The Labute approximate surface area is 225 Å². The van der Waals surface area contributed by atoms with Crippen molar-refractivity contribution in [3.8, 4) is 17.2 Å². The Morgan fingerprint density at radius 3 is 2.42 bits per heavy atom. The lowest BCUT2D eigenvalue weighted by atomic mass is 10.2. The number of benzene rings is 3. The van der Waals surface area contributed by atoms with E-state index < -0.39 is 17.8 Å². The Kier molecular flexibility index (Phi) is 10.2. The van der Waals surface area contributed by atoms with Crippen molar-refractivity contribution in [1.82, 2.24) is 5.43 Å². The number of amides is 2. The molecule has 38 heavy (non-hydrogen) atoms. The molecule has 0 aliphatic carbocycles. The van der Waals surface area contributed by atoms with E-state index in [-0.39, 0.29) is 5.75 Å². The molecule has 9 nitrogen and oxygen atoms in total. The summed E-state index contributed by atoms with van der Waals surface area (Å²) in [6.07, 6.45) is 2.22. The number of rotatable bonds is 10. The van der Waals surface area contributed by atoms with Crippen LogP contribution in [0, 0.1) is 6.92 Å². The molecule has 3 aromatic carbocycles. The van der Waals surface area contributed by atoms with Crippen LogP contribution in [0.3, 0.4) is 0 Å². The van der Waals surface area contributed by atoms with Gasteiger partial charge in [-0.3, -0.25) is 9.59 Å². The summed E-state index contributed by atoms with van der Waals surface area (Å²) in [5, 5.41) is 6.79. The van der Waals surface area contributed by atoms with E-state index in [0.717, 1.165) is 6.42 Å². The Bertz CT molecular complexity index is 1320. The predicted octanol–water partition coefficient (Wildman–Crippen LogP) is 5.14. The molecular weight excluding hydrogens is 510 g/mol. The maximum atomic E-state index is 12.6. The number of hydrogen-bond acceptors (Lipinski definition) is 7. The predicted molar refractivity (Wildman–Crippen MR) is 145 cm³/mol. The minimum absolute atomic E-state index is 0.223. The molecule has 0 saturated heterocycles. The van der Waals surface area contributed by atoms with Gasteiger partial charge in [0.05, 0.1) is 25.0 Å². The standard InChI is InChI=1S/C28H28ClN3O6/c1-4-15-37-21-12-10-20(11-13-21)28(35)38-24-14-9-19(16-25(24)36-5-2)17-30-32-27(34)26(33)31-23-8-6-7-22(29)18(23)3/h6-14,16-17H,4-5,15H2,1-3H3,(H,31,33)(H,32,34). The van der Waals surface area contributed by atoms with Gasteiger partial charge in [0.2, 0.25) is 0 Å². The Morgan fingerprint density at radius 2 is 1.71 bits per heavy atom. The third-order valence-electron chi connectivity index (χ3n) is 5.13. The molecule has 0 radical (unpaired) electrons. The number of hydrogen-bond donors (Lipinski definition) is 2. The number of halogens is 1. The fourth-order valence-corrected chi connectivity index (χ4v) is 3.34. The molecule has 0 aliphatic heterocycles. The highest BCUT2D eigenvalue weighted by molar-refractivity contribution is 6.40. The van der Waals surface area contributed by atoms with Crippen LogP contribution in [0.25, 0.3) is 0 Å². The lowest BCUT2D eigenvalue weighted by Crippen LogP contribution is -2.32. The lowest BCUT2D eigenvalue weighted by molar-refractivity contribution is -0.136. The summed E-state index contributed by atoms with van der Waals surface area (Å²) in [5.41, 5.74) is 4.13. The van der Waals surface area contributed by atoms with Crippen LogP contribution >= 0.6 is 11.6 Å². The maximum absolute atomic E-state index is 12.6. The van der Waals surface area contributed by atoms with Crippen LogP contribution < -0.4 is 25.0 Å². The zero-order valence-corrected chi connectivity index (χ0v) is 22.0. The summed E-state index contributed by atoms with van der Waals surface area (Å²) in [7, 11) is 0. The third kappa shape index (κ3) is 7.81. The Morgan fingerprint density at radius 1 is 0.947 bits per heavy atom. The van der Waals surface area contributed by atoms with Crippen LogP contribution in [0.2, 0.25) is 5.02 Å². The average Bonchev–Trinajstić information content (AvgIpc) is 2.91. The van der Waals surface area contributed by atoms with Gasteiger partial charge in [0, 0.05) is 10.7 Å². The van der Waals surface area contributed by atoms with E-state index in [0.29, 0.717) is 52.1 Å². The van der Waals surface area contributed by atoms with Gasteiger partial charge < -0.3 is 19.5 Å². The first-order valence-corrected chi connectivity index (χ1v) is 12.3. The van der Waals surface area contributed by atoms with E-state index in [1.54, 1.807) is 74.5 Å². The lowest BCUT2D eigenvalue weighted by Gasteiger charge is -2.12. The van der Waals surface area contributed by atoms with Gasteiger partial charge in [0.15, 0.2) is 11.5 Å². The second-order valence-electron chi connectivity index (χ2n) is 7.97. The van der Waals surface area contributed by atoms with Crippen LogP contribution in [0.1, 0.15) is 41.8 Å². The SMILES string of the molecule is CCCOc1ccc(C(=O)Oc2ccc(C=NNC(=O)C(=O)Nc3cccc(Cl)c3C)cc2OCC)cc1. The fraction of sp³-hybridized carbons (Fsp3) is 0.214. The van der Waals surface area contributed by atoms with Crippen molar-refractivity contribution in [3.05, 3.63) is 82.4 Å². The molecule has 0 fully saturated rings. The maximum Gasteiger partial charge on any atom is 0.343 e. The zero-order valence-electron chi connectivity index (χ0n) is 21.2. The highest BCUT2D eigenvalue weighted by atomic mass is 35.5. The van der Waals surface area contributed by atoms with Gasteiger partial charge >= 0.3 is 17.8 Å². The van der Waals surface area contributed by atoms with Crippen LogP contribution in [0.15, 0.2) is 65.8 Å². The molecule has 0 aliphatic rings. The van der Waals surface area contributed by atoms with E-state index in [4.69, 9.17) is 25.8 Å². The minimum atomic E-state index is -0.956. The molecule has 0 bridgehead atoms. The Balaban J connectivity index is 1.62. The van der Waals surface area contributed by atoms with E-state index in [2.05, 4.69) is 15.8 Å². The van der Waals surface area contributed by atoms with Crippen molar-refractivity contribution in [2.75, 3.05) is 18.5 Å². The van der Waals surface area contributed by atoms with Crippen molar-refractivity contribution in [3.63, 3.8) is 0 Å². The summed E-state index contributed by atoms with van der Waals surface area (Å²) >= 11 is 6.04. The van der Waals surface area contributed by atoms with Crippen molar-refractivity contribution < 1.29 is 28.6 Å². The number of carbonyl (C=O) groups excluding carboxylic acids is 3. The first-order valence-electron chi connectivity index (χ1n) is 11.9. The van der Waals surface area contributed by atoms with Crippen LogP contribution in [-0.4, -0.2) is 37.2 Å². The van der Waals surface area contributed by atoms with E-state index in [1.165, 1.54) is 6.21 Å². The number of carbonyl (C=O) groups is 3. The number of anilines is 1. The van der Waals surface area contributed by atoms with E-state index >= 15 is 0 Å². The van der Waals surface area contributed by atoms with Crippen LogP contribution in [-0.2, 0) is 9.59 Å². The molecule has 3 aromatic rings. The molecular formula is C28H28ClN3O6. The molecule has 198 valence electrons.